The van der Waals surface area contributed by atoms with Gasteiger partial charge in [-0.05, 0) is 25.7 Å². The molecule has 0 aromatic carbocycles. The standard InChI is InChI=1S/C14H28N6/c1-7-8-15-12-17-13(16-11(4)9-10(2)3)19-14(18-12)20(5)6/h10-11H,7-9H2,1-6H3,(H2,15,16,17,18,19). The van der Waals surface area contributed by atoms with Crippen molar-refractivity contribution in [3.8, 4) is 0 Å². The molecule has 1 aromatic rings. The van der Waals surface area contributed by atoms with E-state index in [2.05, 4.69) is 53.3 Å². The molecule has 0 bridgehead atoms. The Kier molecular flexibility index (Phi) is 6.48. The minimum atomic E-state index is 0.339. The Morgan fingerprint density at radius 3 is 2.25 bits per heavy atom. The maximum absolute atomic E-state index is 4.44. The maximum atomic E-state index is 4.44. The van der Waals surface area contributed by atoms with Crippen molar-refractivity contribution in [1.82, 2.24) is 15.0 Å². The molecule has 6 heteroatoms. The molecule has 114 valence electrons. The molecule has 0 spiro atoms. The van der Waals surface area contributed by atoms with Gasteiger partial charge in [0.25, 0.3) is 0 Å². The lowest BCUT2D eigenvalue weighted by Gasteiger charge is -2.18. The fourth-order valence-electron chi connectivity index (χ4n) is 1.93. The summed E-state index contributed by atoms with van der Waals surface area (Å²) < 4.78 is 0. The summed E-state index contributed by atoms with van der Waals surface area (Å²) >= 11 is 0. The van der Waals surface area contributed by atoms with E-state index in [1.807, 2.05) is 19.0 Å². The number of nitrogens with zero attached hydrogens (tertiary/aromatic N) is 4. The summed E-state index contributed by atoms with van der Waals surface area (Å²) in [7, 11) is 3.86. The first-order valence-electron chi connectivity index (χ1n) is 7.36. The third-order valence-corrected chi connectivity index (χ3v) is 2.76. The molecule has 1 unspecified atom stereocenters. The lowest BCUT2D eigenvalue weighted by Crippen LogP contribution is -2.22. The van der Waals surface area contributed by atoms with Crippen LogP contribution in [0.15, 0.2) is 0 Å². The molecule has 0 saturated heterocycles. The second kappa shape index (κ2) is 7.87. The molecule has 0 aliphatic rings. The first-order chi connectivity index (χ1) is 9.42. The van der Waals surface area contributed by atoms with Crippen LogP contribution in [0.25, 0.3) is 0 Å². The van der Waals surface area contributed by atoms with E-state index >= 15 is 0 Å². The number of rotatable bonds is 8. The van der Waals surface area contributed by atoms with Gasteiger partial charge in [0, 0.05) is 26.7 Å². The van der Waals surface area contributed by atoms with Gasteiger partial charge >= 0.3 is 0 Å². The molecular weight excluding hydrogens is 252 g/mol. The van der Waals surface area contributed by atoms with Gasteiger partial charge < -0.3 is 15.5 Å². The first-order valence-corrected chi connectivity index (χ1v) is 7.36. The summed E-state index contributed by atoms with van der Waals surface area (Å²) in [5.41, 5.74) is 0. The van der Waals surface area contributed by atoms with Crippen molar-refractivity contribution in [2.45, 2.75) is 46.6 Å². The van der Waals surface area contributed by atoms with Gasteiger partial charge in [-0.15, -0.1) is 0 Å². The van der Waals surface area contributed by atoms with Gasteiger partial charge in [-0.3, -0.25) is 0 Å². The SMILES string of the molecule is CCCNc1nc(NC(C)CC(C)C)nc(N(C)C)n1. The molecule has 1 atom stereocenters. The van der Waals surface area contributed by atoms with Crippen molar-refractivity contribution in [1.29, 1.82) is 0 Å². The average molecular weight is 280 g/mol. The van der Waals surface area contributed by atoms with Crippen LogP contribution < -0.4 is 15.5 Å². The fourth-order valence-corrected chi connectivity index (χ4v) is 1.93. The smallest absolute Gasteiger partial charge is 0.231 e. The van der Waals surface area contributed by atoms with E-state index in [4.69, 9.17) is 0 Å². The molecule has 0 fully saturated rings. The minimum Gasteiger partial charge on any atom is -0.354 e. The van der Waals surface area contributed by atoms with E-state index in [9.17, 15) is 0 Å². The third kappa shape index (κ3) is 5.59. The van der Waals surface area contributed by atoms with Crippen molar-refractivity contribution in [3.05, 3.63) is 0 Å². The molecule has 20 heavy (non-hydrogen) atoms. The molecule has 2 N–H and O–H groups in total. The predicted molar refractivity (Wildman–Crippen MR) is 85.5 cm³/mol. The topological polar surface area (TPSA) is 66.0 Å². The van der Waals surface area contributed by atoms with E-state index in [0.29, 0.717) is 29.8 Å². The van der Waals surface area contributed by atoms with Gasteiger partial charge in [0.05, 0.1) is 0 Å². The van der Waals surface area contributed by atoms with E-state index in [1.54, 1.807) is 0 Å². The van der Waals surface area contributed by atoms with Crippen molar-refractivity contribution in [2.75, 3.05) is 36.2 Å². The van der Waals surface area contributed by atoms with Crippen molar-refractivity contribution < 1.29 is 0 Å². The van der Waals surface area contributed by atoms with Crippen molar-refractivity contribution >= 4 is 17.8 Å². The highest BCUT2D eigenvalue weighted by Gasteiger charge is 2.11. The zero-order chi connectivity index (χ0) is 15.1. The molecule has 1 aromatic heterocycles. The summed E-state index contributed by atoms with van der Waals surface area (Å²) in [6.07, 6.45) is 2.12. The van der Waals surface area contributed by atoms with E-state index in [0.717, 1.165) is 19.4 Å². The Labute approximate surface area is 122 Å². The van der Waals surface area contributed by atoms with Crippen LogP contribution >= 0.6 is 0 Å². The van der Waals surface area contributed by atoms with Crippen LogP contribution in [0.2, 0.25) is 0 Å². The normalized spacial score (nSPS) is 12.3. The molecule has 1 heterocycles. The quantitative estimate of drug-likeness (QED) is 0.763. The van der Waals surface area contributed by atoms with Crippen LogP contribution in [-0.4, -0.2) is 41.6 Å². The molecule has 0 amide bonds. The zero-order valence-electron chi connectivity index (χ0n) is 13.6. The molecule has 1 rings (SSSR count). The Balaban J connectivity index is 2.85. The predicted octanol–water partition coefficient (Wildman–Crippen LogP) is 2.61. The fraction of sp³-hybridized carbons (Fsp3) is 0.786. The van der Waals surface area contributed by atoms with Crippen LogP contribution in [0.1, 0.15) is 40.5 Å². The van der Waals surface area contributed by atoms with E-state index in [1.165, 1.54) is 0 Å². The first kappa shape index (κ1) is 16.5. The number of hydrogen-bond donors (Lipinski definition) is 2. The lowest BCUT2D eigenvalue weighted by molar-refractivity contribution is 0.537. The molecule has 6 nitrogen and oxygen atoms in total. The Morgan fingerprint density at radius 1 is 1.05 bits per heavy atom. The third-order valence-electron chi connectivity index (χ3n) is 2.76. The monoisotopic (exact) mass is 280 g/mol. The summed E-state index contributed by atoms with van der Waals surface area (Å²) in [5, 5.41) is 6.57. The summed E-state index contributed by atoms with van der Waals surface area (Å²) in [6.45, 7) is 9.55. The van der Waals surface area contributed by atoms with Gasteiger partial charge in [-0.1, -0.05) is 20.8 Å². The number of hydrogen-bond acceptors (Lipinski definition) is 6. The summed E-state index contributed by atoms with van der Waals surface area (Å²) in [6, 6.07) is 0.339. The summed E-state index contributed by atoms with van der Waals surface area (Å²) in [4.78, 5) is 15.1. The number of anilines is 3. The highest BCUT2D eigenvalue weighted by Crippen LogP contribution is 2.14. The highest BCUT2D eigenvalue weighted by atomic mass is 15.3. The van der Waals surface area contributed by atoms with Crippen LogP contribution in [-0.2, 0) is 0 Å². The van der Waals surface area contributed by atoms with Gasteiger partial charge in [-0.2, -0.15) is 15.0 Å². The van der Waals surface area contributed by atoms with Gasteiger partial charge in [0.15, 0.2) is 0 Å². The largest absolute Gasteiger partial charge is 0.354 e. The lowest BCUT2D eigenvalue weighted by atomic mass is 10.1. The second-order valence-corrected chi connectivity index (χ2v) is 5.78. The highest BCUT2D eigenvalue weighted by molar-refractivity contribution is 5.43. The van der Waals surface area contributed by atoms with Crippen molar-refractivity contribution in [3.63, 3.8) is 0 Å². The van der Waals surface area contributed by atoms with E-state index in [-0.39, 0.29) is 0 Å². The Morgan fingerprint density at radius 2 is 1.70 bits per heavy atom. The molecule has 0 aliphatic carbocycles. The van der Waals surface area contributed by atoms with Crippen LogP contribution in [0, 0.1) is 5.92 Å². The number of aromatic nitrogens is 3. The maximum Gasteiger partial charge on any atom is 0.231 e. The molecule has 0 saturated carbocycles. The molecular formula is C14H28N6. The number of nitrogens with one attached hydrogen (secondary N) is 2. The van der Waals surface area contributed by atoms with Crippen molar-refractivity contribution in [2.24, 2.45) is 5.92 Å². The van der Waals surface area contributed by atoms with Crippen LogP contribution in [0.5, 0.6) is 0 Å². The van der Waals surface area contributed by atoms with Crippen LogP contribution in [0.4, 0.5) is 17.8 Å². The second-order valence-electron chi connectivity index (χ2n) is 5.78. The summed E-state index contributed by atoms with van der Waals surface area (Å²) in [5.74, 6) is 2.57. The Hall–Kier alpha value is -1.59. The Bertz CT molecular complexity index is 405. The molecule has 0 aliphatic heterocycles. The van der Waals surface area contributed by atoms with Gasteiger partial charge in [-0.25, -0.2) is 0 Å². The molecule has 0 radical (unpaired) electrons. The van der Waals surface area contributed by atoms with Crippen LogP contribution in [0.3, 0.4) is 0 Å². The zero-order valence-corrected chi connectivity index (χ0v) is 13.6. The van der Waals surface area contributed by atoms with Gasteiger partial charge in [0.1, 0.15) is 0 Å². The van der Waals surface area contributed by atoms with E-state index < -0.39 is 0 Å². The minimum absolute atomic E-state index is 0.339. The average Bonchev–Trinajstić information content (AvgIpc) is 2.34. The van der Waals surface area contributed by atoms with Gasteiger partial charge in [0.2, 0.25) is 17.8 Å².